The summed E-state index contributed by atoms with van der Waals surface area (Å²) >= 11 is 0. The van der Waals surface area contributed by atoms with Crippen molar-refractivity contribution in [3.63, 3.8) is 0 Å². The Morgan fingerprint density at radius 2 is 2.00 bits per heavy atom. The van der Waals surface area contributed by atoms with E-state index in [0.29, 0.717) is 0 Å². The molecule has 1 heterocycles. The lowest BCUT2D eigenvalue weighted by atomic mass is 10.2. The van der Waals surface area contributed by atoms with Crippen LogP contribution in [0.4, 0.5) is 4.79 Å². The Morgan fingerprint density at radius 1 is 1.43 bits per heavy atom. The Kier molecular flexibility index (Phi) is 2.73. The van der Waals surface area contributed by atoms with Gasteiger partial charge in [0.25, 0.3) is 5.91 Å². The van der Waals surface area contributed by atoms with Crippen LogP contribution in [0.25, 0.3) is 0 Å². The monoisotopic (exact) mass is 200 g/mol. The first-order chi connectivity index (χ1) is 6.49. The van der Waals surface area contributed by atoms with Crippen molar-refractivity contribution in [3.05, 3.63) is 0 Å². The molecule has 6 nitrogen and oxygen atoms in total. The van der Waals surface area contributed by atoms with Crippen LogP contribution in [-0.4, -0.2) is 55.0 Å². The van der Waals surface area contributed by atoms with Gasteiger partial charge in [0.05, 0.1) is 13.5 Å². The van der Waals surface area contributed by atoms with Crippen LogP contribution in [0.1, 0.15) is 6.42 Å². The predicted molar refractivity (Wildman–Crippen MR) is 46.4 cm³/mol. The second-order valence-electron chi connectivity index (χ2n) is 3.09. The quantitative estimate of drug-likeness (QED) is 0.442. The predicted octanol–water partition coefficient (Wildman–Crippen LogP) is -0.558. The largest absolute Gasteiger partial charge is 0.469 e. The Labute approximate surface area is 81.4 Å². The molecule has 1 aliphatic rings. The van der Waals surface area contributed by atoms with Crippen LogP contribution in [0.5, 0.6) is 0 Å². The summed E-state index contributed by atoms with van der Waals surface area (Å²) in [6.45, 7) is 0. The highest BCUT2D eigenvalue weighted by molar-refractivity contribution is 6.05. The van der Waals surface area contributed by atoms with Crippen molar-refractivity contribution in [2.75, 3.05) is 21.2 Å². The molecule has 1 atom stereocenters. The maximum absolute atomic E-state index is 11.4. The molecule has 6 heteroatoms. The minimum atomic E-state index is -0.722. The molecule has 0 aliphatic carbocycles. The van der Waals surface area contributed by atoms with E-state index in [1.165, 1.54) is 26.1 Å². The standard InChI is InChI=1S/C8H12N2O4/c1-9-5(4-6(11)14-3)7(12)10(2)8(9)13/h5H,4H2,1-3H3. The molecule has 0 spiro atoms. The van der Waals surface area contributed by atoms with Gasteiger partial charge >= 0.3 is 12.0 Å². The molecule has 0 radical (unpaired) electrons. The molecule has 14 heavy (non-hydrogen) atoms. The first-order valence-electron chi connectivity index (χ1n) is 4.10. The maximum Gasteiger partial charge on any atom is 0.326 e. The van der Waals surface area contributed by atoms with Crippen molar-refractivity contribution in [2.24, 2.45) is 0 Å². The number of hydrogen-bond donors (Lipinski definition) is 0. The zero-order valence-electron chi connectivity index (χ0n) is 8.31. The van der Waals surface area contributed by atoms with E-state index >= 15 is 0 Å². The average Bonchev–Trinajstić information content (AvgIpc) is 2.35. The smallest absolute Gasteiger partial charge is 0.326 e. The number of rotatable bonds is 2. The van der Waals surface area contributed by atoms with E-state index < -0.39 is 18.0 Å². The van der Waals surface area contributed by atoms with Gasteiger partial charge in [-0.2, -0.15) is 0 Å². The lowest BCUT2D eigenvalue weighted by Gasteiger charge is -2.14. The molecule has 0 aromatic rings. The first kappa shape index (κ1) is 10.5. The van der Waals surface area contributed by atoms with Gasteiger partial charge in [0.1, 0.15) is 6.04 Å². The van der Waals surface area contributed by atoms with Crippen molar-refractivity contribution in [2.45, 2.75) is 12.5 Å². The lowest BCUT2D eigenvalue weighted by Crippen LogP contribution is -2.33. The summed E-state index contributed by atoms with van der Waals surface area (Å²) in [5.74, 6) is -0.874. The van der Waals surface area contributed by atoms with Crippen LogP contribution >= 0.6 is 0 Å². The summed E-state index contributed by atoms with van der Waals surface area (Å²) in [6.07, 6.45) is -0.0953. The summed E-state index contributed by atoms with van der Waals surface area (Å²) in [5.41, 5.74) is 0. The van der Waals surface area contributed by atoms with Crippen molar-refractivity contribution in [1.82, 2.24) is 9.80 Å². The number of nitrogens with zero attached hydrogens (tertiary/aromatic N) is 2. The van der Waals surface area contributed by atoms with Crippen LogP contribution in [0, 0.1) is 0 Å². The van der Waals surface area contributed by atoms with Crippen molar-refractivity contribution in [3.8, 4) is 0 Å². The molecule has 1 saturated heterocycles. The van der Waals surface area contributed by atoms with Crippen molar-refractivity contribution < 1.29 is 19.1 Å². The fourth-order valence-electron chi connectivity index (χ4n) is 1.32. The van der Waals surface area contributed by atoms with Gasteiger partial charge in [-0.1, -0.05) is 0 Å². The Bertz CT molecular complexity index is 289. The SMILES string of the molecule is COC(=O)CC1C(=O)N(C)C(=O)N1C. The highest BCUT2D eigenvalue weighted by Crippen LogP contribution is 2.16. The molecule has 1 fully saturated rings. The summed E-state index contributed by atoms with van der Waals surface area (Å²) in [7, 11) is 4.11. The van der Waals surface area contributed by atoms with E-state index in [9.17, 15) is 14.4 Å². The topological polar surface area (TPSA) is 66.9 Å². The van der Waals surface area contributed by atoms with Crippen LogP contribution in [-0.2, 0) is 14.3 Å². The average molecular weight is 200 g/mol. The number of ether oxygens (including phenoxy) is 1. The van der Waals surface area contributed by atoms with Crippen molar-refractivity contribution >= 4 is 17.9 Å². The number of carbonyl (C=O) groups is 3. The third-order valence-corrected chi connectivity index (χ3v) is 2.26. The summed E-state index contributed by atoms with van der Waals surface area (Å²) in [5, 5.41) is 0. The van der Waals surface area contributed by atoms with Crippen LogP contribution in [0.15, 0.2) is 0 Å². The Balaban J connectivity index is 2.75. The zero-order valence-corrected chi connectivity index (χ0v) is 8.31. The molecule has 78 valence electrons. The maximum atomic E-state index is 11.4. The van der Waals surface area contributed by atoms with E-state index in [4.69, 9.17) is 0 Å². The minimum absolute atomic E-state index is 0.0953. The molecule has 0 bridgehead atoms. The number of imide groups is 1. The van der Waals surface area contributed by atoms with Gasteiger partial charge in [-0.3, -0.25) is 14.5 Å². The van der Waals surface area contributed by atoms with E-state index in [0.717, 1.165) is 4.90 Å². The normalized spacial score (nSPS) is 21.8. The molecule has 1 rings (SSSR count). The Hall–Kier alpha value is -1.59. The van der Waals surface area contributed by atoms with Gasteiger partial charge in [-0.25, -0.2) is 4.79 Å². The van der Waals surface area contributed by atoms with Gasteiger partial charge in [-0.05, 0) is 0 Å². The number of amides is 3. The van der Waals surface area contributed by atoms with Crippen LogP contribution in [0.2, 0.25) is 0 Å². The number of hydrogen-bond acceptors (Lipinski definition) is 4. The van der Waals surface area contributed by atoms with Gasteiger partial charge in [-0.15, -0.1) is 0 Å². The van der Waals surface area contributed by atoms with Crippen LogP contribution in [0.3, 0.4) is 0 Å². The molecule has 0 saturated carbocycles. The van der Waals surface area contributed by atoms with Gasteiger partial charge in [0, 0.05) is 14.1 Å². The zero-order chi connectivity index (χ0) is 10.9. The first-order valence-corrected chi connectivity index (χ1v) is 4.10. The number of esters is 1. The third-order valence-electron chi connectivity index (χ3n) is 2.26. The molecule has 0 N–H and O–H groups in total. The molecular formula is C8H12N2O4. The number of likely N-dealkylation sites (N-methyl/N-ethyl adjacent to an activating group) is 2. The van der Waals surface area contributed by atoms with E-state index in [1.54, 1.807) is 0 Å². The number of methoxy groups -OCH3 is 1. The Morgan fingerprint density at radius 3 is 2.36 bits per heavy atom. The van der Waals surface area contributed by atoms with E-state index in [2.05, 4.69) is 4.74 Å². The van der Waals surface area contributed by atoms with Gasteiger partial charge in [0.2, 0.25) is 0 Å². The summed E-state index contributed by atoms with van der Waals surface area (Å²) < 4.78 is 4.43. The number of carbonyl (C=O) groups excluding carboxylic acids is 3. The highest BCUT2D eigenvalue weighted by atomic mass is 16.5. The van der Waals surface area contributed by atoms with Crippen LogP contribution < -0.4 is 0 Å². The van der Waals surface area contributed by atoms with E-state index in [-0.39, 0.29) is 12.3 Å². The second kappa shape index (κ2) is 3.65. The van der Waals surface area contributed by atoms with Gasteiger partial charge in [0.15, 0.2) is 0 Å². The van der Waals surface area contributed by atoms with Crippen molar-refractivity contribution in [1.29, 1.82) is 0 Å². The highest BCUT2D eigenvalue weighted by Gasteiger charge is 2.41. The molecular weight excluding hydrogens is 188 g/mol. The second-order valence-corrected chi connectivity index (χ2v) is 3.09. The molecule has 1 unspecified atom stereocenters. The van der Waals surface area contributed by atoms with E-state index in [1.807, 2.05) is 0 Å². The fourth-order valence-corrected chi connectivity index (χ4v) is 1.32. The fraction of sp³-hybridized carbons (Fsp3) is 0.625. The summed E-state index contributed by atoms with van der Waals surface area (Å²) in [4.78, 5) is 35.9. The molecule has 3 amide bonds. The minimum Gasteiger partial charge on any atom is -0.469 e. The van der Waals surface area contributed by atoms with Gasteiger partial charge < -0.3 is 9.64 Å². The third kappa shape index (κ3) is 1.55. The summed E-state index contributed by atoms with van der Waals surface area (Å²) in [6, 6.07) is -1.12. The number of urea groups is 1. The molecule has 0 aromatic carbocycles. The molecule has 1 aliphatic heterocycles. The lowest BCUT2D eigenvalue weighted by molar-refractivity contribution is -0.144. The molecule has 0 aromatic heterocycles.